The number of anilines is 1. The molecule has 0 fully saturated rings. The number of benzene rings is 1. The van der Waals surface area contributed by atoms with Crippen LogP contribution in [0.3, 0.4) is 0 Å². The molecule has 0 spiro atoms. The first kappa shape index (κ1) is 14.2. The van der Waals surface area contributed by atoms with E-state index in [9.17, 15) is 9.59 Å². The Hall–Kier alpha value is -2.24. The zero-order valence-electron chi connectivity index (χ0n) is 11.6. The van der Waals surface area contributed by atoms with E-state index in [1.54, 1.807) is 6.07 Å². The van der Waals surface area contributed by atoms with Crippen LogP contribution in [-0.4, -0.2) is 37.0 Å². The molecule has 1 aliphatic heterocycles. The van der Waals surface area contributed by atoms with Crippen molar-refractivity contribution in [2.45, 2.75) is 26.0 Å². The van der Waals surface area contributed by atoms with Crippen LogP contribution in [0.4, 0.5) is 5.69 Å². The maximum atomic E-state index is 11.9. The number of hydrogen-bond acceptors (Lipinski definition) is 4. The summed E-state index contributed by atoms with van der Waals surface area (Å²) in [4.78, 5) is 23.4. The summed E-state index contributed by atoms with van der Waals surface area (Å²) >= 11 is 0. The molecule has 1 aliphatic rings. The van der Waals surface area contributed by atoms with Crippen LogP contribution >= 0.6 is 0 Å². The highest BCUT2D eigenvalue weighted by molar-refractivity contribution is 5.88. The fraction of sp³-hybridized carbons (Fsp3) is 0.429. The maximum absolute atomic E-state index is 11.9. The van der Waals surface area contributed by atoms with Crippen LogP contribution in [0, 0.1) is 0 Å². The van der Waals surface area contributed by atoms with E-state index in [0.29, 0.717) is 12.3 Å². The number of para-hydroxylation sites is 2. The summed E-state index contributed by atoms with van der Waals surface area (Å²) in [5, 5.41) is 8.41. The second kappa shape index (κ2) is 6.27. The van der Waals surface area contributed by atoms with Crippen molar-refractivity contribution in [2.24, 2.45) is 0 Å². The van der Waals surface area contributed by atoms with Crippen LogP contribution < -0.4 is 20.7 Å². The Balaban J connectivity index is 1.84. The van der Waals surface area contributed by atoms with E-state index in [1.807, 2.05) is 32.0 Å². The van der Waals surface area contributed by atoms with Crippen molar-refractivity contribution in [1.29, 1.82) is 0 Å². The summed E-state index contributed by atoms with van der Waals surface area (Å²) < 4.78 is 5.60. The third kappa shape index (κ3) is 3.63. The molecule has 0 radical (unpaired) electrons. The van der Waals surface area contributed by atoms with Gasteiger partial charge < -0.3 is 20.7 Å². The molecule has 6 nitrogen and oxygen atoms in total. The van der Waals surface area contributed by atoms with E-state index in [-0.39, 0.29) is 24.4 Å². The minimum atomic E-state index is -0.628. The molecule has 2 rings (SSSR count). The zero-order valence-corrected chi connectivity index (χ0v) is 11.6. The van der Waals surface area contributed by atoms with Gasteiger partial charge in [0.1, 0.15) is 5.75 Å². The number of amides is 2. The molecule has 2 amide bonds. The van der Waals surface area contributed by atoms with Crippen LogP contribution in [-0.2, 0) is 9.59 Å². The number of hydrogen-bond donors (Lipinski definition) is 3. The molecule has 0 aliphatic carbocycles. The van der Waals surface area contributed by atoms with E-state index in [2.05, 4.69) is 16.0 Å². The second-order valence-electron chi connectivity index (χ2n) is 4.92. The largest absolute Gasteiger partial charge is 0.477 e. The lowest BCUT2D eigenvalue weighted by Gasteiger charge is -2.26. The molecule has 3 N–H and O–H groups in total. The molecule has 1 atom stereocenters. The van der Waals surface area contributed by atoms with Gasteiger partial charge in [-0.05, 0) is 26.0 Å². The monoisotopic (exact) mass is 277 g/mol. The van der Waals surface area contributed by atoms with Gasteiger partial charge in [-0.15, -0.1) is 0 Å². The summed E-state index contributed by atoms with van der Waals surface area (Å²) in [6.45, 7) is 4.07. The number of fused-ring (bicyclic) bond motifs is 1. The number of carbonyl (C=O) groups is 2. The third-order valence-corrected chi connectivity index (χ3v) is 2.80. The Kier molecular flexibility index (Phi) is 4.45. The van der Waals surface area contributed by atoms with Crippen LogP contribution in [0.5, 0.6) is 5.75 Å². The Morgan fingerprint density at radius 2 is 2.15 bits per heavy atom. The van der Waals surface area contributed by atoms with Gasteiger partial charge in [0.05, 0.1) is 18.8 Å². The van der Waals surface area contributed by atoms with Crippen molar-refractivity contribution < 1.29 is 14.3 Å². The van der Waals surface area contributed by atoms with Crippen molar-refractivity contribution in [3.8, 4) is 5.75 Å². The molecule has 0 bridgehead atoms. The van der Waals surface area contributed by atoms with E-state index in [0.717, 1.165) is 5.69 Å². The Morgan fingerprint density at radius 3 is 2.90 bits per heavy atom. The van der Waals surface area contributed by atoms with Crippen LogP contribution in [0.15, 0.2) is 24.3 Å². The molecular weight excluding hydrogens is 258 g/mol. The molecule has 0 saturated heterocycles. The molecule has 1 unspecified atom stereocenters. The highest BCUT2D eigenvalue weighted by atomic mass is 16.5. The summed E-state index contributed by atoms with van der Waals surface area (Å²) in [7, 11) is 0. The van der Waals surface area contributed by atoms with Gasteiger partial charge >= 0.3 is 0 Å². The number of carbonyl (C=O) groups excluding carboxylic acids is 2. The first-order valence-electron chi connectivity index (χ1n) is 6.63. The Bertz CT molecular complexity index is 502. The normalized spacial score (nSPS) is 16.6. The average Bonchev–Trinajstić information content (AvgIpc) is 2.43. The van der Waals surface area contributed by atoms with E-state index >= 15 is 0 Å². The topological polar surface area (TPSA) is 79.5 Å². The summed E-state index contributed by atoms with van der Waals surface area (Å²) in [6.07, 6.45) is -0.628. The highest BCUT2D eigenvalue weighted by Crippen LogP contribution is 2.27. The molecule has 1 heterocycles. The lowest BCUT2D eigenvalue weighted by molar-refractivity contribution is -0.130. The first-order chi connectivity index (χ1) is 9.56. The lowest BCUT2D eigenvalue weighted by atomic mass is 10.2. The average molecular weight is 277 g/mol. The Morgan fingerprint density at radius 1 is 1.40 bits per heavy atom. The van der Waals surface area contributed by atoms with Gasteiger partial charge in [0, 0.05) is 6.04 Å². The van der Waals surface area contributed by atoms with Gasteiger partial charge in [0.2, 0.25) is 5.91 Å². The molecule has 1 aromatic carbocycles. The smallest absolute Gasteiger partial charge is 0.263 e. The fourth-order valence-corrected chi connectivity index (χ4v) is 1.91. The van der Waals surface area contributed by atoms with Gasteiger partial charge in [0.25, 0.3) is 5.91 Å². The van der Waals surface area contributed by atoms with Crippen LogP contribution in [0.25, 0.3) is 0 Å². The van der Waals surface area contributed by atoms with Gasteiger partial charge in [-0.3, -0.25) is 9.59 Å². The zero-order chi connectivity index (χ0) is 14.5. The van der Waals surface area contributed by atoms with Gasteiger partial charge in [-0.2, -0.15) is 0 Å². The standard InChI is InChI=1S/C14H19N3O3/c1-9(2)17-13(18)8-16-14(19)12-7-15-10-5-3-4-6-11(10)20-12/h3-6,9,12,15H,7-8H2,1-2H3,(H,16,19)(H,17,18). The number of nitrogens with one attached hydrogen (secondary N) is 3. The summed E-state index contributed by atoms with van der Waals surface area (Å²) in [5.74, 6) is 0.133. The van der Waals surface area contributed by atoms with E-state index in [1.165, 1.54) is 0 Å². The number of rotatable bonds is 4. The van der Waals surface area contributed by atoms with Crippen molar-refractivity contribution in [3.63, 3.8) is 0 Å². The maximum Gasteiger partial charge on any atom is 0.263 e. The predicted molar refractivity (Wildman–Crippen MR) is 75.6 cm³/mol. The minimum Gasteiger partial charge on any atom is -0.477 e. The molecule has 1 aromatic rings. The van der Waals surface area contributed by atoms with Crippen molar-refractivity contribution in [1.82, 2.24) is 10.6 Å². The van der Waals surface area contributed by atoms with Crippen molar-refractivity contribution >= 4 is 17.5 Å². The quantitative estimate of drug-likeness (QED) is 0.749. The van der Waals surface area contributed by atoms with Gasteiger partial charge in [0.15, 0.2) is 6.10 Å². The van der Waals surface area contributed by atoms with Gasteiger partial charge in [-0.25, -0.2) is 0 Å². The summed E-state index contributed by atoms with van der Waals surface area (Å²) in [6, 6.07) is 7.48. The molecule has 6 heteroatoms. The van der Waals surface area contributed by atoms with E-state index in [4.69, 9.17) is 4.74 Å². The molecule has 0 aromatic heterocycles. The van der Waals surface area contributed by atoms with Gasteiger partial charge in [-0.1, -0.05) is 12.1 Å². The number of ether oxygens (including phenoxy) is 1. The highest BCUT2D eigenvalue weighted by Gasteiger charge is 2.25. The first-order valence-corrected chi connectivity index (χ1v) is 6.63. The minimum absolute atomic E-state index is 0.0431. The van der Waals surface area contributed by atoms with Crippen molar-refractivity contribution in [3.05, 3.63) is 24.3 Å². The molecule has 108 valence electrons. The van der Waals surface area contributed by atoms with Crippen molar-refractivity contribution in [2.75, 3.05) is 18.4 Å². The lowest BCUT2D eigenvalue weighted by Crippen LogP contribution is -2.48. The van der Waals surface area contributed by atoms with Crippen LogP contribution in [0.2, 0.25) is 0 Å². The summed E-state index contributed by atoms with van der Waals surface area (Å²) in [5.41, 5.74) is 0.870. The fourth-order valence-electron chi connectivity index (χ4n) is 1.91. The Labute approximate surface area is 117 Å². The molecule has 0 saturated carbocycles. The van der Waals surface area contributed by atoms with Crippen LogP contribution in [0.1, 0.15) is 13.8 Å². The van der Waals surface area contributed by atoms with E-state index < -0.39 is 6.10 Å². The SMILES string of the molecule is CC(C)NC(=O)CNC(=O)C1CNc2ccccc2O1. The second-order valence-corrected chi connectivity index (χ2v) is 4.92. The third-order valence-electron chi connectivity index (χ3n) is 2.80. The molecule has 20 heavy (non-hydrogen) atoms. The molecular formula is C14H19N3O3. The predicted octanol–water partition coefficient (Wildman–Crippen LogP) is 0.500.